The van der Waals surface area contributed by atoms with Gasteiger partial charge in [-0.25, -0.2) is 4.79 Å². The van der Waals surface area contributed by atoms with Crippen LogP contribution in [-0.2, 0) is 6.54 Å². The molecule has 1 atom stereocenters. The minimum atomic E-state index is -1.28. The molecule has 3 N–H and O–H groups in total. The SMILES string of the molecule is COc1ccc(C(=O)O)c(N2Cc3c(Cl)ccc(Nc4c(N[C@@H](c5ccc(C)o5)C(C)(C)C)c(=O)c4=O)c3C2=O)n1. The quantitative estimate of drug-likeness (QED) is 0.242. The summed E-state index contributed by atoms with van der Waals surface area (Å²) in [5, 5.41) is 16.1. The Hall–Kier alpha value is -4.64. The van der Waals surface area contributed by atoms with Gasteiger partial charge in [-0.3, -0.25) is 19.3 Å². The molecule has 3 heterocycles. The average molecular weight is 579 g/mol. The summed E-state index contributed by atoms with van der Waals surface area (Å²) in [7, 11) is 1.37. The molecule has 212 valence electrons. The molecule has 11 nitrogen and oxygen atoms in total. The zero-order valence-corrected chi connectivity index (χ0v) is 23.7. The molecular weight excluding hydrogens is 552 g/mol. The fraction of sp³-hybridized carbons (Fsp3) is 0.276. The number of carbonyl (C=O) groups is 2. The van der Waals surface area contributed by atoms with Gasteiger partial charge >= 0.3 is 5.97 Å². The van der Waals surface area contributed by atoms with Crippen LogP contribution in [0.5, 0.6) is 5.88 Å². The van der Waals surface area contributed by atoms with E-state index in [0.29, 0.717) is 17.1 Å². The van der Waals surface area contributed by atoms with Gasteiger partial charge in [0.25, 0.3) is 16.8 Å². The molecule has 5 rings (SSSR count). The van der Waals surface area contributed by atoms with Crippen LogP contribution in [0.4, 0.5) is 22.9 Å². The van der Waals surface area contributed by atoms with Gasteiger partial charge in [-0.2, -0.15) is 4.98 Å². The van der Waals surface area contributed by atoms with E-state index in [2.05, 4.69) is 15.6 Å². The molecule has 1 amide bonds. The third-order valence-corrected chi connectivity index (χ3v) is 7.30. The fourth-order valence-electron chi connectivity index (χ4n) is 4.83. The summed E-state index contributed by atoms with van der Waals surface area (Å²) in [6.45, 7) is 7.66. The second-order valence-corrected chi connectivity index (χ2v) is 11.2. The van der Waals surface area contributed by atoms with E-state index in [9.17, 15) is 24.3 Å². The van der Waals surface area contributed by atoms with Crippen molar-refractivity contribution in [2.24, 2.45) is 5.41 Å². The maximum absolute atomic E-state index is 13.7. The lowest BCUT2D eigenvalue weighted by atomic mass is 9.85. The first-order valence-corrected chi connectivity index (χ1v) is 13.0. The first-order chi connectivity index (χ1) is 19.3. The van der Waals surface area contributed by atoms with E-state index in [0.717, 1.165) is 0 Å². The second-order valence-electron chi connectivity index (χ2n) is 10.8. The van der Waals surface area contributed by atoms with Gasteiger partial charge < -0.3 is 24.9 Å². The van der Waals surface area contributed by atoms with Crippen molar-refractivity contribution in [2.45, 2.75) is 40.3 Å². The third-order valence-electron chi connectivity index (χ3n) is 6.95. The minimum Gasteiger partial charge on any atom is -0.481 e. The van der Waals surface area contributed by atoms with Crippen LogP contribution in [0, 0.1) is 12.3 Å². The highest BCUT2D eigenvalue weighted by molar-refractivity contribution is 6.33. The van der Waals surface area contributed by atoms with Gasteiger partial charge in [-0.05, 0) is 42.7 Å². The number of aromatic carboxylic acids is 1. The molecule has 2 aromatic carbocycles. The zero-order chi connectivity index (χ0) is 29.8. The van der Waals surface area contributed by atoms with E-state index in [1.807, 2.05) is 39.8 Å². The van der Waals surface area contributed by atoms with E-state index in [1.165, 1.54) is 30.2 Å². The molecule has 12 heteroatoms. The molecule has 0 radical (unpaired) electrons. The van der Waals surface area contributed by atoms with Crippen molar-refractivity contribution in [3.63, 3.8) is 0 Å². The Labute approximate surface area is 239 Å². The zero-order valence-electron chi connectivity index (χ0n) is 22.9. The van der Waals surface area contributed by atoms with Crippen LogP contribution in [0.2, 0.25) is 5.02 Å². The number of pyridine rings is 1. The standard InChI is InChI=1S/C29H27ClN4O7/c1-13-6-10-18(41-13)25(29(2,3)4)33-22-21(23(35)24(22)36)31-17-9-8-16(30)15-12-34(27(37)20(15)17)26-14(28(38)39)7-11-19(32-26)40-5/h6-11,25,31,33H,12H2,1-5H3,(H,38,39)/t25-/m0/s1. The number of aromatic nitrogens is 1. The monoisotopic (exact) mass is 578 g/mol. The summed E-state index contributed by atoms with van der Waals surface area (Å²) in [4.78, 5) is 56.4. The van der Waals surface area contributed by atoms with Crippen molar-refractivity contribution < 1.29 is 23.8 Å². The Morgan fingerprint density at radius 3 is 2.41 bits per heavy atom. The number of hydrogen-bond acceptors (Lipinski definition) is 9. The predicted molar refractivity (Wildman–Crippen MR) is 154 cm³/mol. The average Bonchev–Trinajstić information content (AvgIpc) is 3.51. The molecule has 0 spiro atoms. The predicted octanol–water partition coefficient (Wildman–Crippen LogP) is 5.04. The molecule has 41 heavy (non-hydrogen) atoms. The molecule has 0 unspecified atom stereocenters. The van der Waals surface area contributed by atoms with Gasteiger partial charge in [0.1, 0.15) is 28.5 Å². The van der Waals surface area contributed by atoms with E-state index in [4.69, 9.17) is 20.8 Å². The summed E-state index contributed by atoms with van der Waals surface area (Å²) >= 11 is 6.45. The number of amides is 1. The summed E-state index contributed by atoms with van der Waals surface area (Å²) < 4.78 is 11.0. The van der Waals surface area contributed by atoms with Crippen LogP contribution in [0.3, 0.4) is 0 Å². The molecule has 0 aliphatic carbocycles. The molecule has 4 aromatic rings. The molecule has 2 aromatic heterocycles. The number of fused-ring (bicyclic) bond motifs is 1. The Balaban J connectivity index is 1.52. The number of furan rings is 1. The molecule has 0 bridgehead atoms. The van der Waals surface area contributed by atoms with E-state index < -0.39 is 34.2 Å². The summed E-state index contributed by atoms with van der Waals surface area (Å²) in [6.07, 6.45) is 0. The van der Waals surface area contributed by atoms with Crippen molar-refractivity contribution in [1.82, 2.24) is 4.98 Å². The number of carboxylic acid groups (broad SMARTS) is 1. The number of carbonyl (C=O) groups excluding carboxylic acids is 1. The normalized spacial score (nSPS) is 13.8. The van der Waals surface area contributed by atoms with E-state index in [-0.39, 0.29) is 51.5 Å². The van der Waals surface area contributed by atoms with Gasteiger partial charge in [0.15, 0.2) is 5.82 Å². The molecule has 0 saturated carbocycles. The maximum Gasteiger partial charge on any atom is 0.339 e. The molecule has 0 saturated heterocycles. The lowest BCUT2D eigenvalue weighted by Gasteiger charge is -2.31. The van der Waals surface area contributed by atoms with E-state index >= 15 is 0 Å². The Bertz CT molecular complexity index is 1780. The largest absolute Gasteiger partial charge is 0.481 e. The number of carboxylic acids is 1. The Kier molecular flexibility index (Phi) is 6.86. The third kappa shape index (κ3) is 4.82. The van der Waals surface area contributed by atoms with Gasteiger partial charge in [0, 0.05) is 16.7 Å². The Morgan fingerprint density at radius 2 is 1.80 bits per heavy atom. The van der Waals surface area contributed by atoms with Crippen molar-refractivity contribution >= 4 is 46.4 Å². The maximum atomic E-state index is 13.7. The number of nitrogens with zero attached hydrogens (tertiary/aromatic N) is 2. The second kappa shape index (κ2) is 10.1. The van der Waals surface area contributed by atoms with Gasteiger partial charge in [0.2, 0.25) is 5.88 Å². The highest BCUT2D eigenvalue weighted by atomic mass is 35.5. The minimum absolute atomic E-state index is 0.00553. The van der Waals surface area contributed by atoms with E-state index in [1.54, 1.807) is 6.07 Å². The number of anilines is 4. The van der Waals surface area contributed by atoms with Crippen LogP contribution in [0.25, 0.3) is 0 Å². The van der Waals surface area contributed by atoms with Crippen molar-refractivity contribution in [3.8, 4) is 5.88 Å². The smallest absolute Gasteiger partial charge is 0.339 e. The van der Waals surface area contributed by atoms with Crippen LogP contribution in [0.1, 0.15) is 64.6 Å². The van der Waals surface area contributed by atoms with Crippen molar-refractivity contribution in [3.05, 3.63) is 90.1 Å². The highest BCUT2D eigenvalue weighted by Gasteiger charge is 2.38. The van der Waals surface area contributed by atoms with Crippen molar-refractivity contribution in [1.29, 1.82) is 0 Å². The number of nitrogens with one attached hydrogen (secondary N) is 2. The van der Waals surface area contributed by atoms with Gasteiger partial charge in [0.05, 0.1) is 30.9 Å². The van der Waals surface area contributed by atoms with Crippen LogP contribution >= 0.6 is 11.6 Å². The first kappa shape index (κ1) is 27.9. The highest BCUT2D eigenvalue weighted by Crippen LogP contribution is 2.41. The summed E-state index contributed by atoms with van der Waals surface area (Å²) in [6, 6.07) is 8.95. The van der Waals surface area contributed by atoms with Gasteiger partial charge in [-0.15, -0.1) is 0 Å². The van der Waals surface area contributed by atoms with Crippen LogP contribution < -0.4 is 31.1 Å². The number of rotatable bonds is 8. The lowest BCUT2D eigenvalue weighted by molar-refractivity contribution is 0.0697. The Morgan fingerprint density at radius 1 is 1.10 bits per heavy atom. The molecule has 0 fully saturated rings. The summed E-state index contributed by atoms with van der Waals surface area (Å²) in [5.74, 6) is -0.540. The molecule has 1 aliphatic heterocycles. The van der Waals surface area contributed by atoms with Crippen LogP contribution in [0.15, 0.2) is 50.4 Å². The first-order valence-electron chi connectivity index (χ1n) is 12.7. The fourth-order valence-corrected chi connectivity index (χ4v) is 5.05. The van der Waals surface area contributed by atoms with Crippen molar-refractivity contribution in [2.75, 3.05) is 22.6 Å². The number of aryl methyl sites for hydroxylation is 1. The topological polar surface area (TPSA) is 151 Å². The number of halogens is 1. The number of hydrogen-bond donors (Lipinski definition) is 3. The summed E-state index contributed by atoms with van der Waals surface area (Å²) in [5.41, 5.74) is -1.21. The number of ether oxygens (including phenoxy) is 1. The molecule has 1 aliphatic rings. The lowest BCUT2D eigenvalue weighted by Crippen LogP contribution is -2.39. The number of methoxy groups -OCH3 is 1. The molecular formula is C29H27ClN4O7. The van der Waals surface area contributed by atoms with Gasteiger partial charge in [-0.1, -0.05) is 32.4 Å². The number of benzene rings is 1. The van der Waals surface area contributed by atoms with Crippen LogP contribution in [-0.4, -0.2) is 29.1 Å².